The predicted octanol–water partition coefficient (Wildman–Crippen LogP) is 3.68. The SMILES string of the molecule is CCNC(=NCc1ccc(N(C)C)cc1)NCCc1ccccc1OC.I. The number of nitrogens with one attached hydrogen (secondary N) is 2. The molecule has 0 saturated carbocycles. The molecule has 0 radical (unpaired) electrons. The van der Waals surface area contributed by atoms with E-state index in [0.717, 1.165) is 31.2 Å². The van der Waals surface area contributed by atoms with E-state index in [2.05, 4.69) is 57.8 Å². The van der Waals surface area contributed by atoms with Crippen molar-refractivity contribution in [2.24, 2.45) is 4.99 Å². The lowest BCUT2D eigenvalue weighted by atomic mass is 10.1. The summed E-state index contributed by atoms with van der Waals surface area (Å²) in [5.41, 5.74) is 3.58. The van der Waals surface area contributed by atoms with Gasteiger partial charge in [-0.2, -0.15) is 0 Å². The lowest BCUT2D eigenvalue weighted by molar-refractivity contribution is 0.409. The molecule has 0 aliphatic heterocycles. The lowest BCUT2D eigenvalue weighted by Gasteiger charge is -2.14. The second-order valence-electron chi connectivity index (χ2n) is 6.24. The monoisotopic (exact) mass is 482 g/mol. The Morgan fingerprint density at radius 3 is 2.37 bits per heavy atom. The van der Waals surface area contributed by atoms with E-state index < -0.39 is 0 Å². The summed E-state index contributed by atoms with van der Waals surface area (Å²) in [5, 5.41) is 6.69. The Morgan fingerprint density at radius 1 is 1.04 bits per heavy atom. The van der Waals surface area contributed by atoms with Crippen molar-refractivity contribution < 1.29 is 4.74 Å². The Balaban J connectivity index is 0.00000364. The van der Waals surface area contributed by atoms with Crippen LogP contribution in [0.25, 0.3) is 0 Å². The Morgan fingerprint density at radius 2 is 1.74 bits per heavy atom. The molecule has 2 aromatic rings. The summed E-state index contributed by atoms with van der Waals surface area (Å²) >= 11 is 0. The number of aliphatic imine (C=N–C) groups is 1. The van der Waals surface area contributed by atoms with E-state index in [1.165, 1.54) is 16.8 Å². The zero-order valence-corrected chi connectivity index (χ0v) is 19.0. The molecule has 0 aliphatic carbocycles. The first kappa shape index (κ1) is 23.1. The fourth-order valence-electron chi connectivity index (χ4n) is 2.64. The van der Waals surface area contributed by atoms with E-state index in [9.17, 15) is 0 Å². The van der Waals surface area contributed by atoms with Crippen LogP contribution < -0.4 is 20.3 Å². The minimum Gasteiger partial charge on any atom is -0.496 e. The largest absolute Gasteiger partial charge is 0.496 e. The van der Waals surface area contributed by atoms with E-state index in [-0.39, 0.29) is 24.0 Å². The molecule has 0 spiro atoms. The molecule has 0 amide bonds. The van der Waals surface area contributed by atoms with Crippen molar-refractivity contribution in [3.05, 3.63) is 59.7 Å². The van der Waals surface area contributed by atoms with Crippen LogP contribution in [-0.4, -0.2) is 40.3 Å². The zero-order chi connectivity index (χ0) is 18.8. The van der Waals surface area contributed by atoms with E-state index >= 15 is 0 Å². The number of methoxy groups -OCH3 is 1. The minimum absolute atomic E-state index is 0. The minimum atomic E-state index is 0. The average molecular weight is 482 g/mol. The van der Waals surface area contributed by atoms with Gasteiger partial charge in [-0.3, -0.25) is 0 Å². The number of anilines is 1. The highest BCUT2D eigenvalue weighted by Crippen LogP contribution is 2.17. The van der Waals surface area contributed by atoms with Crippen molar-refractivity contribution in [1.82, 2.24) is 10.6 Å². The first-order chi connectivity index (χ1) is 12.6. The van der Waals surface area contributed by atoms with Gasteiger partial charge in [0.2, 0.25) is 0 Å². The Bertz CT molecular complexity index is 702. The standard InChI is InChI=1S/C21H30N4O.HI/c1-5-22-21(23-15-14-18-8-6-7-9-20(18)26-4)24-16-17-10-12-19(13-11-17)25(2)3;/h6-13H,5,14-16H2,1-4H3,(H2,22,23,24);1H. The molecule has 2 rings (SSSR count). The van der Waals surface area contributed by atoms with Gasteiger partial charge in [-0.15, -0.1) is 24.0 Å². The van der Waals surface area contributed by atoms with E-state index in [0.29, 0.717) is 6.54 Å². The number of nitrogens with zero attached hydrogens (tertiary/aromatic N) is 2. The summed E-state index contributed by atoms with van der Waals surface area (Å²) in [6.45, 7) is 4.35. The molecule has 0 atom stereocenters. The lowest BCUT2D eigenvalue weighted by Crippen LogP contribution is -2.38. The molecular weight excluding hydrogens is 451 g/mol. The number of rotatable bonds is 8. The van der Waals surface area contributed by atoms with Crippen LogP contribution in [0.15, 0.2) is 53.5 Å². The fraction of sp³-hybridized carbons (Fsp3) is 0.381. The van der Waals surface area contributed by atoms with Crippen LogP contribution in [-0.2, 0) is 13.0 Å². The summed E-state index contributed by atoms with van der Waals surface area (Å²) in [6, 6.07) is 16.6. The molecule has 0 heterocycles. The Labute approximate surface area is 180 Å². The van der Waals surface area contributed by atoms with Crippen LogP contribution in [0, 0.1) is 0 Å². The summed E-state index contributed by atoms with van der Waals surface area (Å²) in [6.07, 6.45) is 0.881. The first-order valence-corrected chi connectivity index (χ1v) is 9.04. The number of hydrogen-bond donors (Lipinski definition) is 2. The maximum absolute atomic E-state index is 5.41. The number of guanidine groups is 1. The third-order valence-electron chi connectivity index (χ3n) is 4.10. The summed E-state index contributed by atoms with van der Waals surface area (Å²) in [5.74, 6) is 1.76. The third kappa shape index (κ3) is 7.66. The number of para-hydroxylation sites is 1. The van der Waals surface area contributed by atoms with Gasteiger partial charge >= 0.3 is 0 Å². The van der Waals surface area contributed by atoms with Gasteiger partial charge in [0.05, 0.1) is 13.7 Å². The van der Waals surface area contributed by atoms with Gasteiger partial charge < -0.3 is 20.3 Å². The van der Waals surface area contributed by atoms with Crippen LogP contribution in [0.3, 0.4) is 0 Å². The molecule has 0 bridgehead atoms. The maximum atomic E-state index is 5.41. The topological polar surface area (TPSA) is 48.9 Å². The zero-order valence-electron chi connectivity index (χ0n) is 16.7. The number of hydrogen-bond acceptors (Lipinski definition) is 3. The van der Waals surface area contributed by atoms with Crippen LogP contribution in [0.1, 0.15) is 18.1 Å². The first-order valence-electron chi connectivity index (χ1n) is 9.04. The summed E-state index contributed by atoms with van der Waals surface area (Å²) < 4.78 is 5.41. The summed E-state index contributed by atoms with van der Waals surface area (Å²) in [4.78, 5) is 6.78. The van der Waals surface area contributed by atoms with Crippen LogP contribution in [0.4, 0.5) is 5.69 Å². The molecule has 0 aromatic heterocycles. The van der Waals surface area contributed by atoms with Crippen LogP contribution in [0.2, 0.25) is 0 Å². The predicted molar refractivity (Wildman–Crippen MR) is 126 cm³/mol. The van der Waals surface area contributed by atoms with E-state index in [1.807, 2.05) is 32.3 Å². The molecule has 27 heavy (non-hydrogen) atoms. The van der Waals surface area contributed by atoms with Crippen LogP contribution >= 0.6 is 24.0 Å². The molecule has 0 saturated heterocycles. The maximum Gasteiger partial charge on any atom is 0.191 e. The smallest absolute Gasteiger partial charge is 0.191 e. The highest BCUT2D eigenvalue weighted by atomic mass is 127. The average Bonchev–Trinajstić information content (AvgIpc) is 2.66. The van der Waals surface area contributed by atoms with Gasteiger partial charge in [0.1, 0.15) is 5.75 Å². The molecule has 148 valence electrons. The highest BCUT2D eigenvalue weighted by Gasteiger charge is 2.03. The molecule has 0 aliphatic rings. The number of ether oxygens (including phenoxy) is 1. The molecular formula is C21H31IN4O. The van der Waals surface area contributed by atoms with Gasteiger partial charge in [0.25, 0.3) is 0 Å². The Kier molecular flexibility index (Phi) is 10.6. The number of halogens is 1. The molecule has 2 aromatic carbocycles. The molecule has 2 N–H and O–H groups in total. The highest BCUT2D eigenvalue weighted by molar-refractivity contribution is 14.0. The Hall–Kier alpha value is -1.96. The molecule has 0 fully saturated rings. The van der Waals surface area contributed by atoms with Crippen molar-refractivity contribution >= 4 is 35.6 Å². The molecule has 5 nitrogen and oxygen atoms in total. The van der Waals surface area contributed by atoms with Crippen molar-refractivity contribution in [1.29, 1.82) is 0 Å². The van der Waals surface area contributed by atoms with E-state index in [4.69, 9.17) is 4.74 Å². The third-order valence-corrected chi connectivity index (χ3v) is 4.10. The van der Waals surface area contributed by atoms with Crippen LogP contribution in [0.5, 0.6) is 5.75 Å². The van der Waals surface area contributed by atoms with Crippen molar-refractivity contribution in [3.8, 4) is 5.75 Å². The molecule has 6 heteroatoms. The number of benzene rings is 2. The van der Waals surface area contributed by atoms with Gasteiger partial charge in [0, 0.05) is 32.9 Å². The summed E-state index contributed by atoms with van der Waals surface area (Å²) in [7, 11) is 5.80. The second-order valence-corrected chi connectivity index (χ2v) is 6.24. The molecule has 0 unspecified atom stereocenters. The fourth-order valence-corrected chi connectivity index (χ4v) is 2.64. The van der Waals surface area contributed by atoms with Gasteiger partial charge in [-0.1, -0.05) is 30.3 Å². The van der Waals surface area contributed by atoms with Gasteiger partial charge in [0.15, 0.2) is 5.96 Å². The second kappa shape index (κ2) is 12.4. The van der Waals surface area contributed by atoms with Crippen molar-refractivity contribution in [2.75, 3.05) is 39.2 Å². The van der Waals surface area contributed by atoms with Gasteiger partial charge in [-0.25, -0.2) is 4.99 Å². The van der Waals surface area contributed by atoms with Gasteiger partial charge in [-0.05, 0) is 42.7 Å². The quantitative estimate of drug-likeness (QED) is 0.343. The van der Waals surface area contributed by atoms with Crippen molar-refractivity contribution in [3.63, 3.8) is 0 Å². The van der Waals surface area contributed by atoms with E-state index in [1.54, 1.807) is 7.11 Å². The normalized spacial score (nSPS) is 10.7. The van der Waals surface area contributed by atoms with Crippen molar-refractivity contribution in [2.45, 2.75) is 19.9 Å².